The van der Waals surface area contributed by atoms with Crippen molar-refractivity contribution in [3.8, 4) is 11.6 Å². The highest BCUT2D eigenvalue weighted by molar-refractivity contribution is 5.92. The molecule has 2 heterocycles. The maximum absolute atomic E-state index is 12.8. The molecule has 1 amide bonds. The minimum Gasteiger partial charge on any atom is -0.439 e. The van der Waals surface area contributed by atoms with Crippen LogP contribution < -0.4 is 15.4 Å². The van der Waals surface area contributed by atoms with Crippen molar-refractivity contribution < 1.29 is 13.9 Å². The first-order valence-corrected chi connectivity index (χ1v) is 7.12. The summed E-state index contributed by atoms with van der Waals surface area (Å²) in [7, 11) is 0. The molecular weight excluding hydrogens is 356 g/mol. The minimum absolute atomic E-state index is 0. The van der Waals surface area contributed by atoms with Crippen LogP contribution in [0.1, 0.15) is 6.42 Å². The predicted molar refractivity (Wildman–Crippen MR) is 94.8 cm³/mol. The lowest BCUT2D eigenvalue weighted by atomic mass is 10.1. The number of hydrogen-bond acceptors (Lipinski definition) is 4. The van der Waals surface area contributed by atoms with Crippen LogP contribution in [0.25, 0.3) is 0 Å². The Kier molecular flexibility index (Phi) is 7.91. The first kappa shape index (κ1) is 20.2. The highest BCUT2D eigenvalue weighted by atomic mass is 35.5. The Balaban J connectivity index is 0.00000144. The number of aromatic nitrogens is 1. The van der Waals surface area contributed by atoms with E-state index in [-0.39, 0.29) is 42.5 Å². The molecule has 1 aromatic heterocycles. The van der Waals surface area contributed by atoms with Gasteiger partial charge in [-0.3, -0.25) is 4.79 Å². The molecule has 130 valence electrons. The number of nitrogens with one attached hydrogen (secondary N) is 2. The zero-order chi connectivity index (χ0) is 15.4. The van der Waals surface area contributed by atoms with Crippen LogP contribution in [-0.4, -0.2) is 24.0 Å². The molecule has 2 aromatic rings. The third-order valence-electron chi connectivity index (χ3n) is 3.47. The van der Waals surface area contributed by atoms with Crippen LogP contribution >= 0.6 is 24.8 Å². The lowest BCUT2D eigenvalue weighted by Gasteiger charge is -2.10. The van der Waals surface area contributed by atoms with Crippen LogP contribution in [0, 0.1) is 11.7 Å². The fourth-order valence-electron chi connectivity index (χ4n) is 2.26. The molecule has 1 aromatic carbocycles. The molecule has 1 fully saturated rings. The number of carbonyl (C=O) groups is 1. The molecule has 3 rings (SSSR count). The number of carbonyl (C=O) groups excluding carboxylic acids is 1. The Hall–Kier alpha value is -1.89. The average molecular weight is 374 g/mol. The van der Waals surface area contributed by atoms with Gasteiger partial charge in [-0.1, -0.05) is 0 Å². The van der Waals surface area contributed by atoms with E-state index in [2.05, 4.69) is 15.6 Å². The van der Waals surface area contributed by atoms with Gasteiger partial charge in [-0.15, -0.1) is 24.8 Å². The van der Waals surface area contributed by atoms with E-state index in [4.69, 9.17) is 4.74 Å². The van der Waals surface area contributed by atoms with Gasteiger partial charge in [0.1, 0.15) is 11.6 Å². The van der Waals surface area contributed by atoms with Crippen molar-refractivity contribution in [2.45, 2.75) is 6.42 Å². The normalized spacial score (nSPS) is 15.8. The quantitative estimate of drug-likeness (QED) is 0.861. The topological polar surface area (TPSA) is 63.2 Å². The smallest absolute Gasteiger partial charge is 0.228 e. The lowest BCUT2D eigenvalue weighted by Crippen LogP contribution is -2.24. The summed E-state index contributed by atoms with van der Waals surface area (Å²) in [6.07, 6.45) is 2.39. The Labute approximate surface area is 151 Å². The van der Waals surface area contributed by atoms with Crippen LogP contribution in [0.3, 0.4) is 0 Å². The first-order valence-electron chi connectivity index (χ1n) is 7.12. The van der Waals surface area contributed by atoms with Gasteiger partial charge in [-0.05, 0) is 43.3 Å². The number of anilines is 1. The van der Waals surface area contributed by atoms with Gasteiger partial charge in [0.05, 0.1) is 17.8 Å². The number of halogens is 3. The fourth-order valence-corrected chi connectivity index (χ4v) is 2.26. The van der Waals surface area contributed by atoms with Crippen LogP contribution in [0.5, 0.6) is 11.6 Å². The molecule has 0 spiro atoms. The van der Waals surface area contributed by atoms with Crippen molar-refractivity contribution in [3.63, 3.8) is 0 Å². The molecule has 8 heteroatoms. The van der Waals surface area contributed by atoms with Gasteiger partial charge in [0.15, 0.2) is 0 Å². The predicted octanol–water partition coefficient (Wildman–Crippen LogP) is 3.40. The van der Waals surface area contributed by atoms with E-state index in [1.807, 2.05) is 0 Å². The molecule has 0 radical (unpaired) electrons. The second-order valence-electron chi connectivity index (χ2n) is 5.12. The molecule has 24 heavy (non-hydrogen) atoms. The first-order chi connectivity index (χ1) is 10.7. The Morgan fingerprint density at radius 1 is 1.21 bits per heavy atom. The van der Waals surface area contributed by atoms with Crippen molar-refractivity contribution >= 4 is 36.4 Å². The van der Waals surface area contributed by atoms with Gasteiger partial charge in [0.25, 0.3) is 0 Å². The number of ether oxygens (including phenoxy) is 1. The summed E-state index contributed by atoms with van der Waals surface area (Å²) >= 11 is 0. The minimum atomic E-state index is -0.320. The number of rotatable bonds is 4. The van der Waals surface area contributed by atoms with E-state index < -0.39 is 0 Å². The Morgan fingerprint density at radius 3 is 2.54 bits per heavy atom. The summed E-state index contributed by atoms with van der Waals surface area (Å²) in [4.78, 5) is 16.1. The molecule has 1 aliphatic heterocycles. The molecule has 2 N–H and O–H groups in total. The van der Waals surface area contributed by atoms with Gasteiger partial charge >= 0.3 is 0 Å². The summed E-state index contributed by atoms with van der Waals surface area (Å²) in [6.45, 7) is 1.59. The van der Waals surface area contributed by atoms with Crippen molar-refractivity contribution in [1.82, 2.24) is 10.3 Å². The fraction of sp³-hybridized carbons (Fsp3) is 0.250. The summed E-state index contributed by atoms with van der Waals surface area (Å²) in [6, 6.07) is 9.08. The molecule has 1 aliphatic rings. The maximum atomic E-state index is 12.8. The van der Waals surface area contributed by atoms with Gasteiger partial charge in [0.2, 0.25) is 11.8 Å². The molecule has 0 saturated carbocycles. The standard InChI is InChI=1S/C16H16FN3O2.2ClH/c17-12-1-4-14(5-2-12)22-15-6-3-13(10-19-15)20-16(21)11-7-8-18-9-11;;/h1-6,10-11,18H,7-9H2,(H,20,21);2*1H. The third-order valence-corrected chi connectivity index (χ3v) is 3.47. The monoisotopic (exact) mass is 373 g/mol. The summed E-state index contributed by atoms with van der Waals surface area (Å²) < 4.78 is 18.3. The SMILES string of the molecule is Cl.Cl.O=C(Nc1ccc(Oc2ccc(F)cc2)nc1)C1CCNC1. The lowest BCUT2D eigenvalue weighted by molar-refractivity contribution is -0.119. The van der Waals surface area contributed by atoms with Crippen molar-refractivity contribution in [3.05, 3.63) is 48.4 Å². The van der Waals surface area contributed by atoms with E-state index in [1.54, 1.807) is 18.3 Å². The van der Waals surface area contributed by atoms with Gasteiger partial charge in [-0.2, -0.15) is 0 Å². The number of amides is 1. The average Bonchev–Trinajstić information content (AvgIpc) is 3.06. The highest BCUT2D eigenvalue weighted by Gasteiger charge is 2.22. The Morgan fingerprint density at radius 2 is 1.96 bits per heavy atom. The highest BCUT2D eigenvalue weighted by Crippen LogP contribution is 2.21. The summed E-state index contributed by atoms with van der Waals surface area (Å²) in [5, 5.41) is 5.99. The number of pyridine rings is 1. The molecule has 0 aliphatic carbocycles. The molecule has 1 atom stereocenters. The third kappa shape index (κ3) is 5.33. The number of nitrogens with zero attached hydrogens (tertiary/aromatic N) is 1. The number of benzene rings is 1. The second kappa shape index (κ2) is 9.42. The van der Waals surface area contributed by atoms with Crippen LogP contribution in [-0.2, 0) is 4.79 Å². The second-order valence-corrected chi connectivity index (χ2v) is 5.12. The molecule has 0 bridgehead atoms. The van der Waals surface area contributed by atoms with Gasteiger partial charge in [-0.25, -0.2) is 9.37 Å². The maximum Gasteiger partial charge on any atom is 0.228 e. The zero-order valence-corrected chi connectivity index (χ0v) is 14.3. The molecule has 5 nitrogen and oxygen atoms in total. The molecule has 1 saturated heterocycles. The van der Waals surface area contributed by atoms with Gasteiger partial charge in [0, 0.05) is 12.6 Å². The van der Waals surface area contributed by atoms with E-state index in [0.29, 0.717) is 23.9 Å². The molecule has 1 unspecified atom stereocenters. The van der Waals surface area contributed by atoms with E-state index >= 15 is 0 Å². The van der Waals surface area contributed by atoms with Crippen molar-refractivity contribution in [2.75, 3.05) is 18.4 Å². The van der Waals surface area contributed by atoms with E-state index in [9.17, 15) is 9.18 Å². The van der Waals surface area contributed by atoms with Crippen molar-refractivity contribution in [2.24, 2.45) is 5.92 Å². The van der Waals surface area contributed by atoms with Crippen LogP contribution in [0.15, 0.2) is 42.6 Å². The van der Waals surface area contributed by atoms with E-state index in [0.717, 1.165) is 13.0 Å². The van der Waals surface area contributed by atoms with Crippen molar-refractivity contribution in [1.29, 1.82) is 0 Å². The number of hydrogen-bond donors (Lipinski definition) is 2. The van der Waals surface area contributed by atoms with Crippen LogP contribution in [0.2, 0.25) is 0 Å². The largest absolute Gasteiger partial charge is 0.439 e. The zero-order valence-electron chi connectivity index (χ0n) is 12.7. The van der Waals surface area contributed by atoms with E-state index in [1.165, 1.54) is 24.3 Å². The summed E-state index contributed by atoms with van der Waals surface area (Å²) in [5.41, 5.74) is 0.628. The summed E-state index contributed by atoms with van der Waals surface area (Å²) in [5.74, 6) is 0.573. The Bertz CT molecular complexity index is 647. The van der Waals surface area contributed by atoms with Gasteiger partial charge < -0.3 is 15.4 Å². The molecular formula is C16H18Cl2FN3O2. The van der Waals surface area contributed by atoms with Crippen LogP contribution in [0.4, 0.5) is 10.1 Å².